The maximum Gasteiger partial charge on any atom is 0.410 e. The number of nitrogens with zero attached hydrogens (tertiary/aromatic N) is 5. The number of rotatable bonds is 5. The number of ether oxygens (including phenoxy) is 2. The van der Waals surface area contributed by atoms with Crippen LogP contribution in [0.2, 0.25) is 0 Å². The lowest BCUT2D eigenvalue weighted by molar-refractivity contribution is 0.0363. The molecule has 0 radical (unpaired) electrons. The second-order valence-corrected chi connectivity index (χ2v) is 6.91. The van der Waals surface area contributed by atoms with Gasteiger partial charge in [-0.25, -0.2) is 9.78 Å². The minimum absolute atomic E-state index is 0.0553. The summed E-state index contributed by atoms with van der Waals surface area (Å²) in [5, 5.41) is 9.06. The van der Waals surface area contributed by atoms with Crippen molar-refractivity contribution in [1.82, 2.24) is 14.8 Å². The molecule has 0 saturated carbocycles. The van der Waals surface area contributed by atoms with Crippen LogP contribution in [-0.2, 0) is 9.47 Å². The lowest BCUT2D eigenvalue weighted by atomic mass is 10.2. The van der Waals surface area contributed by atoms with E-state index in [-0.39, 0.29) is 18.2 Å². The second kappa shape index (κ2) is 7.48. The van der Waals surface area contributed by atoms with Crippen molar-refractivity contribution >= 4 is 11.9 Å². The Morgan fingerprint density at radius 3 is 2.92 bits per heavy atom. The van der Waals surface area contributed by atoms with Crippen molar-refractivity contribution in [3.8, 4) is 6.07 Å². The summed E-state index contributed by atoms with van der Waals surface area (Å²) in [6.07, 6.45) is 2.24. The zero-order valence-corrected chi connectivity index (χ0v) is 14.7. The van der Waals surface area contributed by atoms with Gasteiger partial charge in [-0.15, -0.1) is 0 Å². The second-order valence-electron chi connectivity index (χ2n) is 6.91. The minimum atomic E-state index is -0.208. The highest BCUT2D eigenvalue weighted by Gasteiger charge is 2.47. The molecule has 0 unspecified atom stereocenters. The molecule has 3 aliphatic rings. The highest BCUT2D eigenvalue weighted by atomic mass is 16.6. The van der Waals surface area contributed by atoms with E-state index >= 15 is 0 Å². The molecular formula is C18H23N5O3. The van der Waals surface area contributed by atoms with E-state index in [4.69, 9.17) is 14.7 Å². The first-order valence-electron chi connectivity index (χ1n) is 9.13. The van der Waals surface area contributed by atoms with Crippen molar-refractivity contribution in [3.63, 3.8) is 0 Å². The summed E-state index contributed by atoms with van der Waals surface area (Å²) in [6.45, 7) is 6.50. The molecule has 3 fully saturated rings. The van der Waals surface area contributed by atoms with Crippen molar-refractivity contribution < 1.29 is 14.3 Å². The fourth-order valence-electron chi connectivity index (χ4n) is 3.90. The van der Waals surface area contributed by atoms with Crippen LogP contribution in [0.4, 0.5) is 10.6 Å². The smallest absolute Gasteiger partial charge is 0.410 e. The normalized spacial score (nSPS) is 25.9. The Morgan fingerprint density at radius 1 is 1.27 bits per heavy atom. The molecule has 0 bridgehead atoms. The highest BCUT2D eigenvalue weighted by Crippen LogP contribution is 2.29. The zero-order chi connectivity index (χ0) is 17.9. The van der Waals surface area contributed by atoms with E-state index in [1.54, 1.807) is 18.3 Å². The SMILES string of the molecule is N#Cc1ccnc(N2C[C@@H]3OC(=O)N(CCCN4CCOCC4)[C@@H]3C2)c1. The number of hydrogen-bond acceptors (Lipinski definition) is 7. The fraction of sp³-hybridized carbons (Fsp3) is 0.611. The number of nitriles is 1. The summed E-state index contributed by atoms with van der Waals surface area (Å²) in [5.41, 5.74) is 0.589. The average Bonchev–Trinajstić information content (AvgIpc) is 3.21. The van der Waals surface area contributed by atoms with E-state index in [0.29, 0.717) is 25.2 Å². The van der Waals surface area contributed by atoms with Gasteiger partial charge in [0.25, 0.3) is 0 Å². The lowest BCUT2D eigenvalue weighted by Crippen LogP contribution is -2.41. The van der Waals surface area contributed by atoms with E-state index in [2.05, 4.69) is 20.9 Å². The predicted molar refractivity (Wildman–Crippen MR) is 93.8 cm³/mol. The van der Waals surface area contributed by atoms with Gasteiger partial charge in [0.2, 0.25) is 0 Å². The number of morpholine rings is 1. The van der Waals surface area contributed by atoms with E-state index in [1.165, 1.54) is 0 Å². The maximum atomic E-state index is 12.2. The highest BCUT2D eigenvalue weighted by molar-refractivity contribution is 5.71. The van der Waals surface area contributed by atoms with Crippen LogP contribution in [-0.4, -0.2) is 85.5 Å². The lowest BCUT2D eigenvalue weighted by Gasteiger charge is -2.28. The van der Waals surface area contributed by atoms with Crippen LogP contribution in [0.5, 0.6) is 0 Å². The Bertz CT molecular complexity index is 700. The first-order valence-corrected chi connectivity index (χ1v) is 9.13. The third-order valence-electron chi connectivity index (χ3n) is 5.30. The summed E-state index contributed by atoms with van der Waals surface area (Å²) < 4.78 is 10.9. The van der Waals surface area contributed by atoms with Crippen LogP contribution in [0, 0.1) is 11.3 Å². The van der Waals surface area contributed by atoms with Crippen LogP contribution in [0.25, 0.3) is 0 Å². The standard InChI is InChI=1S/C18H23N5O3/c19-11-14-2-3-20-17(10-14)22-12-15-16(13-22)26-18(24)23(15)5-1-4-21-6-8-25-9-7-21/h2-3,10,15-16H,1,4-9,12-13H2/t15-,16+/m1/s1. The van der Waals surface area contributed by atoms with Crippen LogP contribution < -0.4 is 4.90 Å². The molecule has 0 spiro atoms. The quantitative estimate of drug-likeness (QED) is 0.766. The van der Waals surface area contributed by atoms with Gasteiger partial charge in [-0.3, -0.25) is 9.80 Å². The van der Waals surface area contributed by atoms with Gasteiger partial charge in [-0.05, 0) is 18.6 Å². The third-order valence-corrected chi connectivity index (χ3v) is 5.30. The number of carbonyl (C=O) groups is 1. The van der Waals surface area contributed by atoms with Crippen LogP contribution in [0.1, 0.15) is 12.0 Å². The Morgan fingerprint density at radius 2 is 2.12 bits per heavy atom. The van der Waals surface area contributed by atoms with Crippen molar-refractivity contribution in [2.24, 2.45) is 0 Å². The van der Waals surface area contributed by atoms with Gasteiger partial charge >= 0.3 is 6.09 Å². The number of anilines is 1. The summed E-state index contributed by atoms with van der Waals surface area (Å²) in [5.74, 6) is 0.766. The first-order chi connectivity index (χ1) is 12.7. The third kappa shape index (κ3) is 3.45. The van der Waals surface area contributed by atoms with Crippen LogP contribution in [0.15, 0.2) is 18.3 Å². The first kappa shape index (κ1) is 17.1. The maximum absolute atomic E-state index is 12.2. The number of pyridine rings is 1. The number of fused-ring (bicyclic) bond motifs is 1. The van der Waals surface area contributed by atoms with E-state index in [1.807, 2.05) is 4.90 Å². The topological polar surface area (TPSA) is 81.9 Å². The van der Waals surface area contributed by atoms with Gasteiger partial charge < -0.3 is 14.4 Å². The van der Waals surface area contributed by atoms with Crippen molar-refractivity contribution in [2.75, 3.05) is 57.4 Å². The van der Waals surface area contributed by atoms with E-state index in [9.17, 15) is 4.79 Å². The zero-order valence-electron chi connectivity index (χ0n) is 14.7. The van der Waals surface area contributed by atoms with Gasteiger partial charge in [0.15, 0.2) is 0 Å². The molecule has 4 rings (SSSR count). The Kier molecular flexibility index (Phi) is 4.91. The molecule has 1 amide bonds. The molecule has 138 valence electrons. The Labute approximate surface area is 152 Å². The number of hydrogen-bond donors (Lipinski definition) is 0. The number of carbonyl (C=O) groups excluding carboxylic acids is 1. The van der Waals surface area contributed by atoms with Crippen molar-refractivity contribution in [1.29, 1.82) is 5.26 Å². The molecule has 8 heteroatoms. The summed E-state index contributed by atoms with van der Waals surface area (Å²) >= 11 is 0. The van der Waals surface area contributed by atoms with Gasteiger partial charge in [-0.2, -0.15) is 5.26 Å². The number of amides is 1. The van der Waals surface area contributed by atoms with Crippen LogP contribution >= 0.6 is 0 Å². The molecule has 8 nitrogen and oxygen atoms in total. The van der Waals surface area contributed by atoms with E-state index < -0.39 is 0 Å². The van der Waals surface area contributed by atoms with Crippen molar-refractivity contribution in [3.05, 3.63) is 23.9 Å². The Balaban J connectivity index is 1.34. The summed E-state index contributed by atoms with van der Waals surface area (Å²) in [6, 6.07) is 5.67. The molecule has 1 aromatic rings. The molecule has 0 aliphatic carbocycles. The van der Waals surface area contributed by atoms with Gasteiger partial charge in [-0.1, -0.05) is 0 Å². The summed E-state index contributed by atoms with van der Waals surface area (Å²) in [7, 11) is 0. The Hall–Kier alpha value is -2.37. The predicted octanol–water partition coefficient (Wildman–Crippen LogP) is 0.685. The molecule has 0 N–H and O–H groups in total. The molecule has 0 aromatic carbocycles. The molecular weight excluding hydrogens is 334 g/mol. The monoisotopic (exact) mass is 357 g/mol. The molecule has 3 aliphatic heterocycles. The minimum Gasteiger partial charge on any atom is -0.442 e. The summed E-state index contributed by atoms with van der Waals surface area (Å²) in [4.78, 5) is 22.9. The fourth-order valence-corrected chi connectivity index (χ4v) is 3.90. The molecule has 4 heterocycles. The largest absolute Gasteiger partial charge is 0.442 e. The van der Waals surface area contributed by atoms with Gasteiger partial charge in [0.05, 0.1) is 37.4 Å². The molecule has 1 aromatic heterocycles. The van der Waals surface area contributed by atoms with Crippen LogP contribution in [0.3, 0.4) is 0 Å². The van der Waals surface area contributed by atoms with Gasteiger partial charge in [0, 0.05) is 38.9 Å². The molecule has 2 atom stereocenters. The van der Waals surface area contributed by atoms with Gasteiger partial charge in [0.1, 0.15) is 11.9 Å². The number of aromatic nitrogens is 1. The van der Waals surface area contributed by atoms with E-state index in [0.717, 1.165) is 45.1 Å². The average molecular weight is 357 g/mol. The molecule has 3 saturated heterocycles. The molecule has 26 heavy (non-hydrogen) atoms. The van der Waals surface area contributed by atoms with Crippen molar-refractivity contribution in [2.45, 2.75) is 18.6 Å².